The second kappa shape index (κ2) is 3.91. The van der Waals surface area contributed by atoms with Crippen LogP contribution in [-0.2, 0) is 0 Å². The maximum absolute atomic E-state index is 13.4. The van der Waals surface area contributed by atoms with Gasteiger partial charge in [0.05, 0.1) is 6.04 Å². The highest BCUT2D eigenvalue weighted by atomic mass is 19.3. The number of alkyl halides is 2. The Bertz CT molecular complexity index is 168. The van der Waals surface area contributed by atoms with Crippen LogP contribution in [-0.4, -0.2) is 29.5 Å². The first-order valence-electron chi connectivity index (χ1n) is 5.08. The van der Waals surface area contributed by atoms with Gasteiger partial charge in [0.2, 0.25) is 0 Å². The lowest BCUT2D eigenvalue weighted by Gasteiger charge is -2.34. The van der Waals surface area contributed by atoms with Crippen molar-refractivity contribution < 1.29 is 8.78 Å². The smallest absolute Gasteiger partial charge is 0.263 e. The standard InChI is InChI=1S/C10H19F2N/c1-8(2)13-7-5-4-6-10(11,12)9(13)3/h8-9H,4-7H2,1-3H3. The minimum Gasteiger partial charge on any atom is -0.293 e. The van der Waals surface area contributed by atoms with E-state index in [9.17, 15) is 8.78 Å². The number of likely N-dealkylation sites (tertiary alicyclic amines) is 1. The van der Waals surface area contributed by atoms with E-state index in [0.717, 1.165) is 13.0 Å². The molecule has 1 saturated heterocycles. The van der Waals surface area contributed by atoms with Crippen molar-refractivity contribution in [3.8, 4) is 0 Å². The Balaban J connectivity index is 2.73. The Morgan fingerprint density at radius 3 is 2.46 bits per heavy atom. The van der Waals surface area contributed by atoms with Crippen LogP contribution in [0.4, 0.5) is 8.78 Å². The monoisotopic (exact) mass is 191 g/mol. The van der Waals surface area contributed by atoms with Crippen LogP contribution in [0.2, 0.25) is 0 Å². The van der Waals surface area contributed by atoms with Crippen molar-refractivity contribution in [2.45, 2.75) is 58.0 Å². The molecule has 0 spiro atoms. The fourth-order valence-corrected chi connectivity index (χ4v) is 2.01. The summed E-state index contributed by atoms with van der Waals surface area (Å²) in [6, 6.07) is -0.381. The molecule has 13 heavy (non-hydrogen) atoms. The molecular weight excluding hydrogens is 172 g/mol. The van der Waals surface area contributed by atoms with Crippen LogP contribution >= 0.6 is 0 Å². The molecule has 1 fully saturated rings. The van der Waals surface area contributed by atoms with E-state index in [-0.39, 0.29) is 12.5 Å². The summed E-state index contributed by atoms with van der Waals surface area (Å²) in [5, 5.41) is 0. The topological polar surface area (TPSA) is 3.24 Å². The Morgan fingerprint density at radius 2 is 1.92 bits per heavy atom. The summed E-state index contributed by atoms with van der Waals surface area (Å²) in [7, 11) is 0. The van der Waals surface area contributed by atoms with Crippen LogP contribution in [0.3, 0.4) is 0 Å². The van der Waals surface area contributed by atoms with Crippen LogP contribution < -0.4 is 0 Å². The summed E-state index contributed by atoms with van der Waals surface area (Å²) >= 11 is 0. The van der Waals surface area contributed by atoms with Crippen molar-refractivity contribution >= 4 is 0 Å². The molecule has 1 rings (SSSR count). The molecule has 0 saturated carbocycles. The van der Waals surface area contributed by atoms with Crippen molar-refractivity contribution in [2.75, 3.05) is 6.54 Å². The summed E-state index contributed by atoms with van der Waals surface area (Å²) in [5.41, 5.74) is 0. The fourth-order valence-electron chi connectivity index (χ4n) is 2.01. The van der Waals surface area contributed by atoms with Gasteiger partial charge in [0.25, 0.3) is 5.92 Å². The molecule has 1 unspecified atom stereocenters. The second-order valence-electron chi connectivity index (χ2n) is 4.23. The first-order valence-corrected chi connectivity index (χ1v) is 5.08. The molecule has 0 aromatic heterocycles. The van der Waals surface area contributed by atoms with Crippen LogP contribution in [0.1, 0.15) is 40.0 Å². The molecule has 3 heteroatoms. The molecular formula is C10H19F2N. The minimum atomic E-state index is -2.50. The third kappa shape index (κ3) is 2.39. The maximum Gasteiger partial charge on any atom is 0.263 e. The molecule has 1 heterocycles. The number of halogens is 2. The Labute approximate surface area is 79.1 Å². The molecule has 0 aromatic carbocycles. The van der Waals surface area contributed by atoms with Crippen LogP contribution in [0.5, 0.6) is 0 Å². The van der Waals surface area contributed by atoms with Crippen molar-refractivity contribution in [3.05, 3.63) is 0 Å². The molecule has 0 aliphatic carbocycles. The van der Waals surface area contributed by atoms with Crippen LogP contribution in [0, 0.1) is 0 Å². The predicted molar refractivity (Wildman–Crippen MR) is 50.1 cm³/mol. The van der Waals surface area contributed by atoms with Gasteiger partial charge in [-0.25, -0.2) is 8.78 Å². The van der Waals surface area contributed by atoms with Crippen molar-refractivity contribution in [1.29, 1.82) is 0 Å². The molecule has 1 aliphatic heterocycles. The quantitative estimate of drug-likeness (QED) is 0.616. The molecule has 1 atom stereocenters. The lowest BCUT2D eigenvalue weighted by atomic mass is 10.1. The first-order chi connectivity index (χ1) is 5.95. The molecule has 0 radical (unpaired) electrons. The van der Waals surface area contributed by atoms with Gasteiger partial charge in [-0.1, -0.05) is 0 Å². The van der Waals surface area contributed by atoms with Gasteiger partial charge in [-0.05, 0) is 40.2 Å². The minimum absolute atomic E-state index is 0.0530. The van der Waals surface area contributed by atoms with Gasteiger partial charge >= 0.3 is 0 Å². The lowest BCUT2D eigenvalue weighted by molar-refractivity contribution is -0.0783. The van der Waals surface area contributed by atoms with Gasteiger partial charge in [0.1, 0.15) is 0 Å². The number of rotatable bonds is 1. The van der Waals surface area contributed by atoms with Gasteiger partial charge in [0, 0.05) is 12.5 Å². The van der Waals surface area contributed by atoms with Crippen molar-refractivity contribution in [2.24, 2.45) is 0 Å². The molecule has 1 aliphatic rings. The van der Waals surface area contributed by atoms with Crippen LogP contribution in [0.25, 0.3) is 0 Å². The van der Waals surface area contributed by atoms with Gasteiger partial charge in [0.15, 0.2) is 0 Å². The van der Waals surface area contributed by atoms with E-state index in [0.29, 0.717) is 6.42 Å². The summed E-state index contributed by atoms with van der Waals surface area (Å²) in [4.78, 5) is 1.91. The Kier molecular flexibility index (Phi) is 3.28. The van der Waals surface area contributed by atoms with Gasteiger partial charge in [-0.15, -0.1) is 0 Å². The highest BCUT2D eigenvalue weighted by Gasteiger charge is 2.41. The Morgan fingerprint density at radius 1 is 1.31 bits per heavy atom. The fraction of sp³-hybridized carbons (Fsp3) is 1.00. The average Bonchev–Trinajstić information content (AvgIpc) is 2.13. The third-order valence-corrected chi connectivity index (χ3v) is 2.95. The summed E-state index contributed by atoms with van der Waals surface area (Å²) in [6.07, 6.45) is 1.61. The largest absolute Gasteiger partial charge is 0.293 e. The zero-order chi connectivity index (χ0) is 10.1. The second-order valence-corrected chi connectivity index (χ2v) is 4.23. The average molecular weight is 191 g/mol. The lowest BCUT2D eigenvalue weighted by Crippen LogP contribution is -2.47. The van der Waals surface area contributed by atoms with E-state index >= 15 is 0 Å². The van der Waals surface area contributed by atoms with Crippen molar-refractivity contribution in [1.82, 2.24) is 4.90 Å². The molecule has 0 N–H and O–H groups in total. The molecule has 78 valence electrons. The number of hydrogen-bond acceptors (Lipinski definition) is 1. The summed E-state index contributed by atoms with van der Waals surface area (Å²) in [6.45, 7) is 6.43. The maximum atomic E-state index is 13.4. The predicted octanol–water partition coefficient (Wildman–Crippen LogP) is 2.90. The van der Waals surface area contributed by atoms with E-state index in [4.69, 9.17) is 0 Å². The van der Waals surface area contributed by atoms with Gasteiger partial charge in [-0.2, -0.15) is 0 Å². The van der Waals surface area contributed by atoms with E-state index in [1.807, 2.05) is 18.7 Å². The van der Waals surface area contributed by atoms with Gasteiger partial charge in [-0.3, -0.25) is 4.90 Å². The highest BCUT2D eigenvalue weighted by molar-refractivity contribution is 4.86. The summed E-state index contributed by atoms with van der Waals surface area (Å²) < 4.78 is 26.9. The zero-order valence-corrected chi connectivity index (χ0v) is 8.69. The van der Waals surface area contributed by atoms with Crippen LogP contribution in [0.15, 0.2) is 0 Å². The van der Waals surface area contributed by atoms with E-state index < -0.39 is 12.0 Å². The first kappa shape index (κ1) is 10.9. The van der Waals surface area contributed by atoms with Crippen molar-refractivity contribution in [3.63, 3.8) is 0 Å². The van der Waals surface area contributed by atoms with E-state index in [2.05, 4.69) is 0 Å². The summed E-state index contributed by atoms with van der Waals surface area (Å²) in [5.74, 6) is -2.50. The Hall–Kier alpha value is -0.180. The van der Waals surface area contributed by atoms with Gasteiger partial charge < -0.3 is 0 Å². The normalized spacial score (nSPS) is 30.5. The molecule has 0 aromatic rings. The zero-order valence-electron chi connectivity index (χ0n) is 8.69. The van der Waals surface area contributed by atoms with E-state index in [1.54, 1.807) is 6.92 Å². The molecule has 1 nitrogen and oxygen atoms in total. The third-order valence-electron chi connectivity index (χ3n) is 2.95. The number of hydrogen-bond donors (Lipinski definition) is 0. The highest BCUT2D eigenvalue weighted by Crippen LogP contribution is 2.32. The molecule has 0 bridgehead atoms. The molecule has 0 amide bonds. The van der Waals surface area contributed by atoms with E-state index in [1.165, 1.54) is 0 Å². The number of nitrogens with zero attached hydrogens (tertiary/aromatic N) is 1. The SMILES string of the molecule is CC(C)N1CCCCC(F)(F)C1C.